The number of hydrogen-bond donors (Lipinski definition) is 3. The molecule has 1 atom stereocenters. The molecule has 0 aliphatic heterocycles. The van der Waals surface area contributed by atoms with Crippen LogP contribution in [0.5, 0.6) is 0 Å². The van der Waals surface area contributed by atoms with Gasteiger partial charge in [-0.2, -0.15) is 5.10 Å². The third-order valence-corrected chi connectivity index (χ3v) is 2.84. The fraction of sp³-hybridized carbons (Fsp3) is 0.412. The molecule has 1 unspecified atom stereocenters. The molecule has 1 aromatic carbocycles. The van der Waals surface area contributed by atoms with Crippen molar-refractivity contribution in [2.45, 2.75) is 45.8 Å². The summed E-state index contributed by atoms with van der Waals surface area (Å²) in [6.45, 7) is 6.45. The van der Waals surface area contributed by atoms with E-state index in [2.05, 4.69) is 15.8 Å². The standard InChI is InChI=1S/C17H23N3O5/c1-11(21)20-18-10-13-7-5-12(6-8-13)9-14(15(22)23)19-16(24)25-17(2,3)4/h5-8,10,14H,9H2,1-4H3,(H,19,24)(H,20,21)(H,22,23)/b18-10-. The summed E-state index contributed by atoms with van der Waals surface area (Å²) in [6, 6.07) is 5.80. The van der Waals surface area contributed by atoms with Crippen LogP contribution in [-0.4, -0.2) is 40.9 Å². The molecule has 0 saturated heterocycles. The van der Waals surface area contributed by atoms with E-state index >= 15 is 0 Å². The van der Waals surface area contributed by atoms with Crippen molar-refractivity contribution in [2.75, 3.05) is 0 Å². The van der Waals surface area contributed by atoms with Crippen LogP contribution in [0.2, 0.25) is 0 Å². The van der Waals surface area contributed by atoms with Gasteiger partial charge in [0.15, 0.2) is 0 Å². The molecule has 0 heterocycles. The number of nitrogens with one attached hydrogen (secondary N) is 2. The number of carboxylic acid groups (broad SMARTS) is 1. The Kier molecular flexibility index (Phi) is 7.10. The van der Waals surface area contributed by atoms with Crippen LogP contribution >= 0.6 is 0 Å². The minimum atomic E-state index is -1.15. The summed E-state index contributed by atoms with van der Waals surface area (Å²) in [7, 11) is 0. The summed E-state index contributed by atoms with van der Waals surface area (Å²) in [5, 5.41) is 15.4. The minimum Gasteiger partial charge on any atom is -0.480 e. The van der Waals surface area contributed by atoms with Crippen LogP contribution in [0.1, 0.15) is 38.8 Å². The SMILES string of the molecule is CC(=O)N/N=C\c1ccc(CC(NC(=O)OC(C)(C)C)C(=O)O)cc1. The molecule has 0 aromatic heterocycles. The van der Waals surface area contributed by atoms with Crippen LogP contribution < -0.4 is 10.7 Å². The first-order valence-corrected chi connectivity index (χ1v) is 7.68. The van der Waals surface area contributed by atoms with Gasteiger partial charge in [0, 0.05) is 13.3 Å². The highest BCUT2D eigenvalue weighted by Gasteiger charge is 2.24. The van der Waals surface area contributed by atoms with Crippen molar-refractivity contribution in [1.82, 2.24) is 10.7 Å². The highest BCUT2D eigenvalue weighted by atomic mass is 16.6. The van der Waals surface area contributed by atoms with Gasteiger partial charge in [-0.25, -0.2) is 15.0 Å². The lowest BCUT2D eigenvalue weighted by atomic mass is 10.0. The number of benzene rings is 1. The van der Waals surface area contributed by atoms with Crippen molar-refractivity contribution >= 4 is 24.2 Å². The predicted molar refractivity (Wildman–Crippen MR) is 92.4 cm³/mol. The monoisotopic (exact) mass is 349 g/mol. The number of hydrogen-bond acceptors (Lipinski definition) is 5. The average molecular weight is 349 g/mol. The van der Waals surface area contributed by atoms with Gasteiger partial charge < -0.3 is 15.2 Å². The van der Waals surface area contributed by atoms with Crippen LogP contribution in [0.15, 0.2) is 29.4 Å². The zero-order valence-corrected chi connectivity index (χ0v) is 14.7. The number of carbonyl (C=O) groups excluding carboxylic acids is 2. The summed E-state index contributed by atoms with van der Waals surface area (Å²) in [6.07, 6.45) is 0.801. The fourth-order valence-corrected chi connectivity index (χ4v) is 1.82. The van der Waals surface area contributed by atoms with E-state index in [-0.39, 0.29) is 12.3 Å². The molecule has 1 aromatic rings. The van der Waals surface area contributed by atoms with Crippen LogP contribution in [0, 0.1) is 0 Å². The van der Waals surface area contributed by atoms with Crippen molar-refractivity contribution in [3.05, 3.63) is 35.4 Å². The van der Waals surface area contributed by atoms with Gasteiger partial charge >= 0.3 is 12.1 Å². The number of aliphatic carboxylic acids is 1. The third kappa shape index (κ3) is 8.50. The van der Waals surface area contributed by atoms with Gasteiger partial charge in [-0.15, -0.1) is 0 Å². The van der Waals surface area contributed by atoms with E-state index in [0.29, 0.717) is 0 Å². The summed E-state index contributed by atoms with van der Waals surface area (Å²) in [4.78, 5) is 33.8. The molecule has 3 N–H and O–H groups in total. The van der Waals surface area contributed by atoms with E-state index in [1.54, 1.807) is 45.0 Å². The normalized spacial score (nSPS) is 12.5. The van der Waals surface area contributed by atoms with Crippen molar-refractivity contribution < 1.29 is 24.2 Å². The maximum Gasteiger partial charge on any atom is 0.408 e. The summed E-state index contributed by atoms with van der Waals surface area (Å²) >= 11 is 0. The van der Waals surface area contributed by atoms with Crippen LogP contribution in [-0.2, 0) is 20.7 Å². The first kappa shape index (κ1) is 20.1. The summed E-state index contributed by atoms with van der Waals surface area (Å²) in [5.74, 6) is -1.42. The third-order valence-electron chi connectivity index (χ3n) is 2.84. The van der Waals surface area contributed by atoms with Gasteiger partial charge in [0.2, 0.25) is 5.91 Å². The molecule has 8 heteroatoms. The van der Waals surface area contributed by atoms with Crippen molar-refractivity contribution in [1.29, 1.82) is 0 Å². The molecule has 2 amide bonds. The number of rotatable bonds is 6. The van der Waals surface area contributed by atoms with Crippen molar-refractivity contribution in [3.8, 4) is 0 Å². The lowest BCUT2D eigenvalue weighted by Crippen LogP contribution is -2.44. The second kappa shape index (κ2) is 8.81. The predicted octanol–water partition coefficient (Wildman–Crippen LogP) is 1.68. The van der Waals surface area contributed by atoms with Crippen molar-refractivity contribution in [3.63, 3.8) is 0 Å². The van der Waals surface area contributed by atoms with Gasteiger partial charge in [0.25, 0.3) is 0 Å². The van der Waals surface area contributed by atoms with Gasteiger partial charge in [-0.05, 0) is 31.9 Å². The topological polar surface area (TPSA) is 117 Å². The largest absolute Gasteiger partial charge is 0.480 e. The van der Waals surface area contributed by atoms with Gasteiger partial charge in [-0.1, -0.05) is 24.3 Å². The molecule has 8 nitrogen and oxygen atoms in total. The Balaban J connectivity index is 2.69. The van der Waals surface area contributed by atoms with E-state index in [1.165, 1.54) is 13.1 Å². The Morgan fingerprint density at radius 1 is 1.24 bits per heavy atom. The summed E-state index contributed by atoms with van der Waals surface area (Å²) < 4.78 is 5.07. The lowest BCUT2D eigenvalue weighted by Gasteiger charge is -2.22. The van der Waals surface area contributed by atoms with Crippen LogP contribution in [0.25, 0.3) is 0 Å². The van der Waals surface area contributed by atoms with E-state index in [9.17, 15) is 19.5 Å². The number of ether oxygens (including phenoxy) is 1. The molecule has 0 saturated carbocycles. The van der Waals surface area contributed by atoms with Crippen molar-refractivity contribution in [2.24, 2.45) is 5.10 Å². The van der Waals surface area contributed by atoms with Crippen LogP contribution in [0.3, 0.4) is 0 Å². The van der Waals surface area contributed by atoms with E-state index < -0.39 is 23.7 Å². The first-order valence-electron chi connectivity index (χ1n) is 7.68. The summed E-state index contributed by atoms with van der Waals surface area (Å²) in [5.41, 5.74) is 3.04. The van der Waals surface area contributed by atoms with Gasteiger partial charge in [0.1, 0.15) is 11.6 Å². The minimum absolute atomic E-state index is 0.109. The molecule has 25 heavy (non-hydrogen) atoms. The smallest absolute Gasteiger partial charge is 0.408 e. The molecular formula is C17H23N3O5. The number of carboxylic acids is 1. The van der Waals surface area contributed by atoms with E-state index in [4.69, 9.17) is 4.74 Å². The quantitative estimate of drug-likeness (QED) is 0.533. The number of nitrogens with zero attached hydrogens (tertiary/aromatic N) is 1. The number of amides is 2. The van der Waals surface area contributed by atoms with E-state index in [0.717, 1.165) is 11.1 Å². The highest BCUT2D eigenvalue weighted by Crippen LogP contribution is 2.09. The molecule has 0 aliphatic carbocycles. The lowest BCUT2D eigenvalue weighted by molar-refractivity contribution is -0.139. The Morgan fingerprint density at radius 2 is 1.84 bits per heavy atom. The molecule has 0 aliphatic rings. The Morgan fingerprint density at radius 3 is 2.32 bits per heavy atom. The Hall–Kier alpha value is -2.90. The van der Waals surface area contributed by atoms with Gasteiger partial charge in [0.05, 0.1) is 6.21 Å². The molecule has 0 fully saturated rings. The average Bonchev–Trinajstić information content (AvgIpc) is 2.46. The molecular weight excluding hydrogens is 326 g/mol. The molecule has 136 valence electrons. The number of carbonyl (C=O) groups is 3. The highest BCUT2D eigenvalue weighted by molar-refractivity contribution is 5.82. The zero-order valence-electron chi connectivity index (χ0n) is 14.7. The molecule has 0 bridgehead atoms. The molecule has 0 radical (unpaired) electrons. The number of alkyl carbamates (subject to hydrolysis) is 1. The van der Waals surface area contributed by atoms with Gasteiger partial charge in [-0.3, -0.25) is 4.79 Å². The second-order valence-electron chi connectivity index (χ2n) is 6.41. The second-order valence-corrected chi connectivity index (χ2v) is 6.41. The number of hydrazone groups is 1. The molecule has 1 rings (SSSR count). The first-order chi connectivity index (χ1) is 11.6. The van der Waals surface area contributed by atoms with Crippen LogP contribution in [0.4, 0.5) is 4.79 Å². The van der Waals surface area contributed by atoms with E-state index in [1.807, 2.05) is 0 Å². The Bertz CT molecular complexity index is 647. The molecule has 0 spiro atoms. The maximum absolute atomic E-state index is 11.7. The fourth-order valence-electron chi connectivity index (χ4n) is 1.82. The Labute approximate surface area is 146 Å². The maximum atomic E-state index is 11.7. The zero-order chi connectivity index (χ0) is 19.0.